The Hall–Kier alpha value is -1.44. The second kappa shape index (κ2) is 10.0. The monoisotopic (exact) mass is 382 g/mol. The van der Waals surface area contributed by atoms with E-state index in [1.807, 2.05) is 4.90 Å². The fourth-order valence-electron chi connectivity index (χ4n) is 3.24. The number of hydrogen-bond donors (Lipinski definition) is 0. The highest BCUT2D eigenvalue weighted by atomic mass is 32.2. The number of hydrogen-bond acceptors (Lipinski definition) is 4. The number of unbranched alkanes of at least 4 members (excludes halogenated alkanes) is 1. The molecule has 0 radical (unpaired) electrons. The number of ether oxygens (including phenoxy) is 1. The summed E-state index contributed by atoms with van der Waals surface area (Å²) >= 11 is 0. The summed E-state index contributed by atoms with van der Waals surface area (Å²) in [5.74, 6) is -0.237. The van der Waals surface area contributed by atoms with Crippen molar-refractivity contribution in [2.45, 2.75) is 37.5 Å². The maximum absolute atomic E-state index is 13.0. The SMILES string of the molecule is CCCCN(CCOC)C(=O)C1CCCN(S(=O)(=O)c2ccccc2)C1. The van der Waals surface area contributed by atoms with Crippen LogP contribution in [0.15, 0.2) is 35.2 Å². The summed E-state index contributed by atoms with van der Waals surface area (Å²) in [5.41, 5.74) is 0. The predicted octanol–water partition coefficient (Wildman–Crippen LogP) is 2.36. The van der Waals surface area contributed by atoms with Gasteiger partial charge in [0.25, 0.3) is 0 Å². The Labute approximate surface area is 157 Å². The number of amides is 1. The van der Waals surface area contributed by atoms with Gasteiger partial charge in [0, 0.05) is 33.3 Å². The Morgan fingerprint density at radius 2 is 2.00 bits per heavy atom. The molecule has 1 aliphatic rings. The van der Waals surface area contributed by atoms with E-state index in [0.717, 1.165) is 19.3 Å². The van der Waals surface area contributed by atoms with Crippen LogP contribution in [0.5, 0.6) is 0 Å². The molecule has 1 unspecified atom stereocenters. The first-order valence-electron chi connectivity index (χ1n) is 9.33. The fourth-order valence-corrected chi connectivity index (χ4v) is 4.79. The topological polar surface area (TPSA) is 66.9 Å². The molecule has 146 valence electrons. The first kappa shape index (κ1) is 20.9. The van der Waals surface area contributed by atoms with Gasteiger partial charge in [0.15, 0.2) is 0 Å². The molecule has 7 heteroatoms. The molecular weight excluding hydrogens is 352 g/mol. The first-order valence-corrected chi connectivity index (χ1v) is 10.8. The zero-order chi connectivity index (χ0) is 19.0. The lowest BCUT2D eigenvalue weighted by atomic mass is 9.98. The van der Waals surface area contributed by atoms with Gasteiger partial charge in [-0.1, -0.05) is 31.5 Å². The average Bonchev–Trinajstić information content (AvgIpc) is 2.68. The Morgan fingerprint density at radius 1 is 1.27 bits per heavy atom. The lowest BCUT2D eigenvalue weighted by molar-refractivity contribution is -0.137. The minimum Gasteiger partial charge on any atom is -0.383 e. The molecule has 26 heavy (non-hydrogen) atoms. The molecule has 0 spiro atoms. The van der Waals surface area contributed by atoms with Crippen LogP contribution in [0.3, 0.4) is 0 Å². The van der Waals surface area contributed by atoms with E-state index in [0.29, 0.717) is 32.7 Å². The van der Waals surface area contributed by atoms with Crippen LogP contribution in [0, 0.1) is 5.92 Å². The smallest absolute Gasteiger partial charge is 0.243 e. The molecule has 1 atom stereocenters. The zero-order valence-electron chi connectivity index (χ0n) is 15.8. The van der Waals surface area contributed by atoms with E-state index >= 15 is 0 Å². The number of rotatable bonds is 9. The molecule has 0 aliphatic carbocycles. The van der Waals surface area contributed by atoms with Crippen LogP contribution in [0.4, 0.5) is 0 Å². The molecule has 1 heterocycles. The third kappa shape index (κ3) is 5.28. The van der Waals surface area contributed by atoms with Crippen LogP contribution in [-0.4, -0.2) is 63.4 Å². The molecule has 1 aromatic rings. The molecule has 0 N–H and O–H groups in total. The normalized spacial score (nSPS) is 18.6. The molecule has 1 amide bonds. The number of nitrogens with zero attached hydrogens (tertiary/aromatic N) is 2. The molecular formula is C19H30N2O4S. The number of sulfonamides is 1. The Balaban J connectivity index is 2.09. The van der Waals surface area contributed by atoms with Crippen molar-refractivity contribution < 1.29 is 17.9 Å². The van der Waals surface area contributed by atoms with Gasteiger partial charge in [0.05, 0.1) is 17.4 Å². The molecule has 1 fully saturated rings. The molecule has 0 bridgehead atoms. The van der Waals surface area contributed by atoms with Crippen LogP contribution in [0.2, 0.25) is 0 Å². The molecule has 0 saturated carbocycles. The summed E-state index contributed by atoms with van der Waals surface area (Å²) in [7, 11) is -1.93. The van der Waals surface area contributed by atoms with E-state index < -0.39 is 10.0 Å². The van der Waals surface area contributed by atoms with Gasteiger partial charge >= 0.3 is 0 Å². The Morgan fingerprint density at radius 3 is 2.65 bits per heavy atom. The standard InChI is InChI=1S/C19H30N2O4S/c1-3-4-12-20(14-15-25-2)19(22)17-9-8-13-21(16-17)26(23,24)18-10-6-5-7-11-18/h5-7,10-11,17H,3-4,8-9,12-16H2,1-2H3. The maximum atomic E-state index is 13.0. The maximum Gasteiger partial charge on any atom is 0.243 e. The van der Waals surface area contributed by atoms with E-state index in [-0.39, 0.29) is 23.3 Å². The predicted molar refractivity (Wildman–Crippen MR) is 101 cm³/mol. The van der Waals surface area contributed by atoms with E-state index in [9.17, 15) is 13.2 Å². The van der Waals surface area contributed by atoms with Crippen molar-refractivity contribution >= 4 is 15.9 Å². The van der Waals surface area contributed by atoms with Crippen molar-refractivity contribution in [2.75, 3.05) is 39.9 Å². The summed E-state index contributed by atoms with van der Waals surface area (Å²) in [5, 5.41) is 0. The van der Waals surface area contributed by atoms with E-state index in [4.69, 9.17) is 4.74 Å². The molecule has 0 aromatic heterocycles. The summed E-state index contributed by atoms with van der Waals surface area (Å²) in [6.07, 6.45) is 3.38. The largest absolute Gasteiger partial charge is 0.383 e. The van der Waals surface area contributed by atoms with Crippen molar-refractivity contribution in [1.29, 1.82) is 0 Å². The highest BCUT2D eigenvalue weighted by Gasteiger charge is 2.34. The lowest BCUT2D eigenvalue weighted by Gasteiger charge is -2.34. The molecule has 1 aliphatic heterocycles. The van der Waals surface area contributed by atoms with Gasteiger partial charge in [-0.3, -0.25) is 4.79 Å². The number of piperidine rings is 1. The van der Waals surface area contributed by atoms with Gasteiger partial charge in [0.2, 0.25) is 15.9 Å². The third-order valence-corrected chi connectivity index (χ3v) is 6.65. The van der Waals surface area contributed by atoms with Gasteiger partial charge < -0.3 is 9.64 Å². The highest BCUT2D eigenvalue weighted by Crippen LogP contribution is 2.25. The molecule has 1 saturated heterocycles. The number of carbonyl (C=O) groups is 1. The second-order valence-electron chi connectivity index (χ2n) is 6.69. The van der Waals surface area contributed by atoms with Crippen molar-refractivity contribution in [3.05, 3.63) is 30.3 Å². The van der Waals surface area contributed by atoms with Crippen LogP contribution in [-0.2, 0) is 19.6 Å². The van der Waals surface area contributed by atoms with Crippen molar-refractivity contribution in [3.63, 3.8) is 0 Å². The summed E-state index contributed by atoms with van der Waals surface area (Å²) in [6.45, 7) is 4.56. The lowest BCUT2D eigenvalue weighted by Crippen LogP contribution is -2.47. The summed E-state index contributed by atoms with van der Waals surface area (Å²) < 4.78 is 32.3. The van der Waals surface area contributed by atoms with E-state index in [1.165, 1.54) is 4.31 Å². The highest BCUT2D eigenvalue weighted by molar-refractivity contribution is 7.89. The van der Waals surface area contributed by atoms with Gasteiger partial charge in [0.1, 0.15) is 0 Å². The quantitative estimate of drug-likeness (QED) is 0.658. The third-order valence-electron chi connectivity index (χ3n) is 4.77. The van der Waals surface area contributed by atoms with Crippen LogP contribution in [0.25, 0.3) is 0 Å². The summed E-state index contributed by atoms with van der Waals surface area (Å²) in [4.78, 5) is 15.1. The van der Waals surface area contributed by atoms with Gasteiger partial charge in [-0.15, -0.1) is 0 Å². The average molecular weight is 383 g/mol. The Bertz CT molecular complexity index is 655. The summed E-state index contributed by atoms with van der Waals surface area (Å²) in [6, 6.07) is 8.44. The fraction of sp³-hybridized carbons (Fsp3) is 0.632. The number of methoxy groups -OCH3 is 1. The van der Waals surface area contributed by atoms with Crippen molar-refractivity contribution in [1.82, 2.24) is 9.21 Å². The van der Waals surface area contributed by atoms with Gasteiger partial charge in [-0.2, -0.15) is 4.31 Å². The van der Waals surface area contributed by atoms with Crippen LogP contribution in [0.1, 0.15) is 32.6 Å². The first-order chi connectivity index (χ1) is 12.5. The van der Waals surface area contributed by atoms with Crippen LogP contribution < -0.4 is 0 Å². The minimum atomic E-state index is -3.55. The van der Waals surface area contributed by atoms with E-state index in [1.54, 1.807) is 37.4 Å². The van der Waals surface area contributed by atoms with Crippen LogP contribution >= 0.6 is 0 Å². The van der Waals surface area contributed by atoms with Gasteiger partial charge in [-0.25, -0.2) is 8.42 Å². The molecule has 2 rings (SSSR count). The molecule has 6 nitrogen and oxygen atoms in total. The second-order valence-corrected chi connectivity index (χ2v) is 8.62. The number of benzene rings is 1. The molecule has 1 aromatic carbocycles. The van der Waals surface area contributed by atoms with Gasteiger partial charge in [-0.05, 0) is 31.4 Å². The zero-order valence-corrected chi connectivity index (χ0v) is 16.6. The Kier molecular flexibility index (Phi) is 8.06. The van der Waals surface area contributed by atoms with E-state index in [2.05, 4.69) is 6.92 Å². The van der Waals surface area contributed by atoms with Crippen molar-refractivity contribution in [2.24, 2.45) is 5.92 Å². The number of carbonyl (C=O) groups excluding carboxylic acids is 1. The minimum absolute atomic E-state index is 0.0449. The van der Waals surface area contributed by atoms with Crippen molar-refractivity contribution in [3.8, 4) is 0 Å².